The fourth-order valence-corrected chi connectivity index (χ4v) is 3.17. The van der Waals surface area contributed by atoms with E-state index < -0.39 is 18.9 Å². The molecule has 3 nitrogen and oxygen atoms in total. The van der Waals surface area contributed by atoms with Gasteiger partial charge in [0.1, 0.15) is 0 Å². The zero-order chi connectivity index (χ0) is 13.0. The Morgan fingerprint density at radius 1 is 1.53 bits per heavy atom. The Hall–Kier alpha value is -0.0500. The molecule has 1 aromatic heterocycles. The van der Waals surface area contributed by atoms with Crippen LogP contribution in [0.2, 0.25) is 0 Å². The molecule has 96 valence electrons. The molecule has 0 saturated heterocycles. The number of halogens is 4. The first-order valence-electron chi connectivity index (χ1n) is 4.58. The van der Waals surface area contributed by atoms with Crippen LogP contribution in [0.5, 0.6) is 0 Å². The molecule has 1 rings (SSSR count). The van der Waals surface area contributed by atoms with E-state index in [4.69, 9.17) is 5.11 Å². The van der Waals surface area contributed by atoms with Crippen molar-refractivity contribution in [2.24, 2.45) is 0 Å². The molecule has 1 amide bonds. The normalized spacial score (nSPS) is 10.9. The molecule has 0 aromatic carbocycles. The molecule has 1 aromatic rings. The van der Waals surface area contributed by atoms with Gasteiger partial charge in [-0.25, -0.2) is 8.78 Å². The lowest BCUT2D eigenvalue weighted by atomic mass is 10.4. The van der Waals surface area contributed by atoms with Crippen LogP contribution in [0.4, 0.5) is 8.78 Å². The molecular weight excluding hydrogens is 384 g/mol. The molecule has 0 aliphatic heterocycles. The van der Waals surface area contributed by atoms with Gasteiger partial charge in [-0.05, 0) is 37.9 Å². The largest absolute Gasteiger partial charge is 0.395 e. The molecule has 0 radical (unpaired) electrons. The Morgan fingerprint density at radius 3 is 2.59 bits per heavy atom. The van der Waals surface area contributed by atoms with Gasteiger partial charge in [0.2, 0.25) is 0 Å². The molecule has 0 aliphatic carbocycles. The number of amides is 1. The van der Waals surface area contributed by atoms with Gasteiger partial charge in [0.05, 0.1) is 21.8 Å². The highest BCUT2D eigenvalue weighted by molar-refractivity contribution is 9.13. The average Bonchev–Trinajstić information content (AvgIpc) is 2.57. The topological polar surface area (TPSA) is 40.5 Å². The number of aliphatic hydroxyl groups is 1. The van der Waals surface area contributed by atoms with Crippen molar-refractivity contribution in [3.8, 4) is 0 Å². The standard InChI is InChI=1S/C9H9Br2F2NO2S/c10-5-3-6(17-8(5)11)9(16)14(1-2-15)4-7(12)13/h3,7,15H,1-2,4H2. The monoisotopic (exact) mass is 391 g/mol. The van der Waals surface area contributed by atoms with Crippen LogP contribution in [0, 0.1) is 0 Å². The zero-order valence-electron chi connectivity index (χ0n) is 8.50. The second kappa shape index (κ2) is 6.77. The number of rotatable bonds is 5. The number of nitrogens with zero attached hydrogens (tertiary/aromatic N) is 1. The number of hydrogen-bond donors (Lipinski definition) is 1. The molecule has 0 fully saturated rings. The molecule has 0 atom stereocenters. The van der Waals surface area contributed by atoms with Crippen molar-refractivity contribution < 1.29 is 18.7 Å². The van der Waals surface area contributed by atoms with Crippen LogP contribution in [-0.4, -0.2) is 42.0 Å². The third-order valence-corrected chi connectivity index (χ3v) is 5.12. The summed E-state index contributed by atoms with van der Waals surface area (Å²) in [5.74, 6) is -0.504. The number of carbonyl (C=O) groups excluding carboxylic acids is 1. The summed E-state index contributed by atoms with van der Waals surface area (Å²) in [5.41, 5.74) is 0. The van der Waals surface area contributed by atoms with Crippen LogP contribution in [-0.2, 0) is 0 Å². The van der Waals surface area contributed by atoms with E-state index in [2.05, 4.69) is 31.9 Å². The Balaban J connectivity index is 2.83. The molecule has 0 bridgehead atoms. The quantitative estimate of drug-likeness (QED) is 0.836. The van der Waals surface area contributed by atoms with Crippen molar-refractivity contribution in [3.63, 3.8) is 0 Å². The van der Waals surface area contributed by atoms with Gasteiger partial charge in [0.15, 0.2) is 0 Å². The lowest BCUT2D eigenvalue weighted by molar-refractivity contribution is 0.0513. The maximum Gasteiger partial charge on any atom is 0.264 e. The van der Waals surface area contributed by atoms with E-state index in [0.29, 0.717) is 9.35 Å². The maximum atomic E-state index is 12.3. The van der Waals surface area contributed by atoms with Gasteiger partial charge in [-0.3, -0.25) is 4.79 Å². The van der Waals surface area contributed by atoms with Gasteiger partial charge in [-0.1, -0.05) is 0 Å². The predicted octanol–water partition coefficient (Wildman–Crippen LogP) is 2.97. The van der Waals surface area contributed by atoms with E-state index in [1.807, 2.05) is 0 Å². The summed E-state index contributed by atoms with van der Waals surface area (Å²) < 4.78 is 26.0. The van der Waals surface area contributed by atoms with E-state index in [1.165, 1.54) is 0 Å². The second-order valence-corrected chi connectivity index (χ2v) is 6.32. The van der Waals surface area contributed by atoms with Gasteiger partial charge in [-0.2, -0.15) is 0 Å². The fourth-order valence-electron chi connectivity index (χ4n) is 1.17. The van der Waals surface area contributed by atoms with E-state index in [9.17, 15) is 13.6 Å². The Bertz CT molecular complexity index is 381. The maximum absolute atomic E-state index is 12.3. The van der Waals surface area contributed by atoms with Crippen molar-refractivity contribution >= 4 is 49.1 Å². The summed E-state index contributed by atoms with van der Waals surface area (Å²) in [6, 6.07) is 1.56. The molecule has 8 heteroatoms. The van der Waals surface area contributed by atoms with Crippen molar-refractivity contribution in [2.75, 3.05) is 19.7 Å². The summed E-state index contributed by atoms with van der Waals surface area (Å²) in [4.78, 5) is 13.2. The predicted molar refractivity (Wildman–Crippen MR) is 68.7 cm³/mol. The van der Waals surface area contributed by atoms with Crippen molar-refractivity contribution in [2.45, 2.75) is 6.43 Å². The molecule has 1 N–H and O–H groups in total. The summed E-state index contributed by atoms with van der Waals surface area (Å²) >= 11 is 7.60. The highest BCUT2D eigenvalue weighted by Gasteiger charge is 2.21. The van der Waals surface area contributed by atoms with Crippen molar-refractivity contribution in [1.29, 1.82) is 0 Å². The number of aliphatic hydroxyl groups excluding tert-OH is 1. The van der Waals surface area contributed by atoms with Crippen LogP contribution < -0.4 is 0 Å². The zero-order valence-corrected chi connectivity index (χ0v) is 12.5. The third-order valence-electron chi connectivity index (χ3n) is 1.87. The van der Waals surface area contributed by atoms with E-state index in [-0.39, 0.29) is 13.2 Å². The van der Waals surface area contributed by atoms with Crippen LogP contribution >= 0.6 is 43.2 Å². The van der Waals surface area contributed by atoms with Gasteiger partial charge in [-0.15, -0.1) is 11.3 Å². The van der Waals surface area contributed by atoms with Crippen LogP contribution in [0.15, 0.2) is 14.3 Å². The number of thiophene rings is 1. The first kappa shape index (κ1) is 15.0. The Kier molecular flexibility index (Phi) is 5.98. The second-order valence-electron chi connectivity index (χ2n) is 3.10. The molecule has 0 unspecified atom stereocenters. The molecular formula is C9H9Br2F2NO2S. The molecule has 0 spiro atoms. The van der Waals surface area contributed by atoms with Gasteiger partial charge in [0.25, 0.3) is 12.3 Å². The lowest BCUT2D eigenvalue weighted by Crippen LogP contribution is -2.36. The van der Waals surface area contributed by atoms with Crippen molar-refractivity contribution in [3.05, 3.63) is 19.2 Å². The minimum atomic E-state index is -2.61. The first-order chi connectivity index (χ1) is 7.95. The number of alkyl halides is 2. The van der Waals surface area contributed by atoms with Gasteiger partial charge in [0, 0.05) is 11.0 Å². The minimum absolute atomic E-state index is 0.101. The average molecular weight is 393 g/mol. The smallest absolute Gasteiger partial charge is 0.264 e. The SMILES string of the molecule is O=C(c1cc(Br)c(Br)s1)N(CCO)CC(F)F. The Labute approximate surface area is 118 Å². The van der Waals surface area contributed by atoms with Crippen LogP contribution in [0.1, 0.15) is 9.67 Å². The highest BCUT2D eigenvalue weighted by atomic mass is 79.9. The van der Waals surface area contributed by atoms with Gasteiger partial charge < -0.3 is 10.0 Å². The van der Waals surface area contributed by atoms with E-state index in [1.54, 1.807) is 6.07 Å². The lowest BCUT2D eigenvalue weighted by Gasteiger charge is -2.20. The fraction of sp³-hybridized carbons (Fsp3) is 0.444. The molecule has 1 heterocycles. The summed E-state index contributed by atoms with van der Waals surface area (Å²) in [6.45, 7) is -1.12. The first-order valence-corrected chi connectivity index (χ1v) is 6.99. The van der Waals surface area contributed by atoms with Crippen molar-refractivity contribution in [1.82, 2.24) is 4.90 Å². The van der Waals surface area contributed by atoms with Crippen LogP contribution in [0.3, 0.4) is 0 Å². The molecule has 17 heavy (non-hydrogen) atoms. The number of hydrogen-bond acceptors (Lipinski definition) is 3. The summed E-state index contributed by atoms with van der Waals surface area (Å²) in [7, 11) is 0. The van der Waals surface area contributed by atoms with Crippen LogP contribution in [0.25, 0.3) is 0 Å². The minimum Gasteiger partial charge on any atom is -0.395 e. The van der Waals surface area contributed by atoms with E-state index >= 15 is 0 Å². The third kappa shape index (κ3) is 4.27. The molecule has 0 aliphatic rings. The molecule has 0 saturated carbocycles. The summed E-state index contributed by atoms with van der Waals surface area (Å²) in [5, 5.41) is 8.75. The number of carbonyl (C=O) groups is 1. The summed E-state index contributed by atoms with van der Waals surface area (Å²) in [6.07, 6.45) is -2.61. The van der Waals surface area contributed by atoms with E-state index in [0.717, 1.165) is 20.0 Å². The Morgan fingerprint density at radius 2 is 2.18 bits per heavy atom. The van der Waals surface area contributed by atoms with Gasteiger partial charge >= 0.3 is 0 Å². The highest BCUT2D eigenvalue weighted by Crippen LogP contribution is 2.33.